The molecule has 10 heteroatoms. The first-order valence-corrected chi connectivity index (χ1v) is 14.6. The Morgan fingerprint density at radius 2 is 1.95 bits per heavy atom. The summed E-state index contributed by atoms with van der Waals surface area (Å²) in [5.41, 5.74) is 1.80. The molecular formula is C31H41FN6O3. The molecule has 220 valence electrons. The lowest BCUT2D eigenvalue weighted by molar-refractivity contribution is 0.0522. The summed E-state index contributed by atoms with van der Waals surface area (Å²) in [4.78, 5) is 28.0. The fourth-order valence-electron chi connectivity index (χ4n) is 5.97. The van der Waals surface area contributed by atoms with Gasteiger partial charge in [0.05, 0.1) is 11.7 Å². The number of rotatable bonds is 6. The van der Waals surface area contributed by atoms with E-state index < -0.39 is 11.7 Å². The van der Waals surface area contributed by atoms with E-state index in [1.54, 1.807) is 36.5 Å². The van der Waals surface area contributed by atoms with Crippen LogP contribution in [0.4, 0.5) is 19.7 Å². The number of likely N-dealkylation sites (tertiary alicyclic amines) is 1. The number of carbonyl (C=O) groups excluding carboxylic acids is 2. The number of ether oxygens (including phenoxy) is 1. The van der Waals surface area contributed by atoms with Crippen LogP contribution in [0.3, 0.4) is 0 Å². The fourth-order valence-corrected chi connectivity index (χ4v) is 5.97. The lowest BCUT2D eigenvalue weighted by Gasteiger charge is -2.39. The number of aromatic nitrogens is 2. The number of nitrogens with zero attached hydrogens (tertiary/aromatic N) is 3. The van der Waals surface area contributed by atoms with Crippen LogP contribution >= 0.6 is 0 Å². The molecule has 2 aliphatic rings. The quantitative estimate of drug-likeness (QED) is 0.389. The Morgan fingerprint density at radius 1 is 1.15 bits per heavy atom. The first kappa shape index (κ1) is 29.0. The zero-order chi connectivity index (χ0) is 29.0. The van der Waals surface area contributed by atoms with Crippen LogP contribution in [0, 0.1) is 17.7 Å². The molecule has 0 radical (unpaired) electrons. The van der Waals surface area contributed by atoms with E-state index in [0.717, 1.165) is 57.4 Å². The second-order valence-electron chi connectivity index (χ2n) is 12.4. The number of benzene rings is 2. The fraction of sp³-hybridized carbons (Fsp3) is 0.516. The Morgan fingerprint density at radius 3 is 2.73 bits per heavy atom. The van der Waals surface area contributed by atoms with Gasteiger partial charge in [0.1, 0.15) is 11.4 Å². The number of halogens is 1. The van der Waals surface area contributed by atoms with E-state index in [1.807, 2.05) is 32.9 Å². The molecule has 2 aliphatic heterocycles. The van der Waals surface area contributed by atoms with Crippen molar-refractivity contribution in [3.8, 4) is 0 Å². The Labute approximate surface area is 240 Å². The summed E-state index contributed by atoms with van der Waals surface area (Å²) in [6.07, 6.45) is 5.21. The highest BCUT2D eigenvalue weighted by atomic mass is 19.1. The summed E-state index contributed by atoms with van der Waals surface area (Å²) in [6, 6.07) is 12.0. The molecule has 2 fully saturated rings. The van der Waals surface area contributed by atoms with Gasteiger partial charge in [0.2, 0.25) is 0 Å². The van der Waals surface area contributed by atoms with Gasteiger partial charge in [-0.05, 0) is 101 Å². The van der Waals surface area contributed by atoms with E-state index in [1.165, 1.54) is 16.7 Å². The number of fused-ring (bicyclic) bond motifs is 1. The predicted octanol–water partition coefficient (Wildman–Crippen LogP) is 5.01. The van der Waals surface area contributed by atoms with Crippen molar-refractivity contribution in [1.82, 2.24) is 25.3 Å². The van der Waals surface area contributed by atoms with Crippen LogP contribution < -0.4 is 16.0 Å². The van der Waals surface area contributed by atoms with Gasteiger partial charge < -0.3 is 25.6 Å². The van der Waals surface area contributed by atoms with E-state index in [0.29, 0.717) is 23.0 Å². The largest absolute Gasteiger partial charge is 0.442 e. The van der Waals surface area contributed by atoms with Crippen LogP contribution in [-0.4, -0.2) is 71.2 Å². The van der Waals surface area contributed by atoms with Crippen molar-refractivity contribution in [3.63, 3.8) is 0 Å². The van der Waals surface area contributed by atoms with Gasteiger partial charge in [-0.1, -0.05) is 12.1 Å². The molecule has 0 bridgehead atoms. The second-order valence-corrected chi connectivity index (χ2v) is 12.4. The normalized spacial score (nSPS) is 21.9. The van der Waals surface area contributed by atoms with Gasteiger partial charge in [0.15, 0.2) is 0 Å². The first-order valence-electron chi connectivity index (χ1n) is 14.6. The highest BCUT2D eigenvalue weighted by molar-refractivity contribution is 5.94. The second kappa shape index (κ2) is 12.6. The minimum Gasteiger partial charge on any atom is -0.442 e. The molecular weight excluding hydrogens is 523 g/mol. The topological polar surface area (TPSA) is 101 Å². The number of hydrogen-bond acceptors (Lipinski definition) is 6. The third-order valence-electron chi connectivity index (χ3n) is 7.85. The zero-order valence-corrected chi connectivity index (χ0v) is 24.2. The van der Waals surface area contributed by atoms with Gasteiger partial charge >= 0.3 is 12.1 Å². The van der Waals surface area contributed by atoms with Gasteiger partial charge in [0, 0.05) is 42.7 Å². The van der Waals surface area contributed by atoms with E-state index in [9.17, 15) is 14.0 Å². The minimum atomic E-state index is -0.624. The number of amides is 2. The number of hydrogen-bond donors (Lipinski definition) is 3. The molecule has 5 rings (SSSR count). The van der Waals surface area contributed by atoms with Crippen LogP contribution in [0.2, 0.25) is 0 Å². The Hall–Kier alpha value is -3.50. The third-order valence-corrected chi connectivity index (χ3v) is 7.85. The highest BCUT2D eigenvalue weighted by Gasteiger charge is 2.30. The maximum Gasteiger partial charge on any atom is 0.435 e. The monoisotopic (exact) mass is 564 g/mol. The van der Waals surface area contributed by atoms with E-state index in [2.05, 4.69) is 25.9 Å². The van der Waals surface area contributed by atoms with Crippen molar-refractivity contribution in [2.45, 2.75) is 58.1 Å². The molecule has 0 saturated carbocycles. The highest BCUT2D eigenvalue weighted by Crippen LogP contribution is 2.24. The summed E-state index contributed by atoms with van der Waals surface area (Å²) < 4.78 is 20.0. The number of carbonyl (C=O) groups is 2. The summed E-state index contributed by atoms with van der Waals surface area (Å²) in [5.74, 6) is 0.657. The Balaban J connectivity index is 1.16. The van der Waals surface area contributed by atoms with Crippen LogP contribution in [0.1, 0.15) is 45.6 Å². The maximum absolute atomic E-state index is 13.3. The molecule has 0 spiro atoms. The van der Waals surface area contributed by atoms with Gasteiger partial charge in [0.25, 0.3) is 0 Å². The summed E-state index contributed by atoms with van der Waals surface area (Å²) >= 11 is 0. The Kier molecular flexibility index (Phi) is 8.89. The Bertz CT molecular complexity index is 1350. The minimum absolute atomic E-state index is 0.0624. The molecule has 3 aromatic rings. The molecule has 3 atom stereocenters. The maximum atomic E-state index is 13.3. The molecule has 9 nitrogen and oxygen atoms in total. The molecule has 2 saturated heterocycles. The average molecular weight is 565 g/mol. The van der Waals surface area contributed by atoms with Crippen molar-refractivity contribution in [2.75, 3.05) is 38.0 Å². The van der Waals surface area contributed by atoms with Crippen LogP contribution in [0.25, 0.3) is 10.9 Å². The van der Waals surface area contributed by atoms with Crippen LogP contribution in [0.15, 0.2) is 48.7 Å². The van der Waals surface area contributed by atoms with Crippen LogP contribution in [-0.2, 0) is 11.2 Å². The number of nitrogens with one attached hydrogen (secondary N) is 3. The molecule has 41 heavy (non-hydrogen) atoms. The third kappa shape index (κ3) is 7.83. The van der Waals surface area contributed by atoms with Crippen molar-refractivity contribution >= 4 is 28.7 Å². The number of anilines is 1. The predicted molar refractivity (Wildman–Crippen MR) is 158 cm³/mol. The number of urea groups is 1. The summed E-state index contributed by atoms with van der Waals surface area (Å²) in [5, 5.41) is 14.6. The number of piperidine rings is 2. The van der Waals surface area contributed by atoms with Gasteiger partial charge in [-0.25, -0.2) is 14.0 Å². The first-order chi connectivity index (χ1) is 19.6. The standard InChI is InChI=1S/C31H41FN6O3/c1-31(2,3)41-30(40)38-28-11-10-26(16-23(28)18-34-38)35-29(39)36-27-12-13-33-17-24(27)20-37-14-4-5-22(19-37)15-21-6-8-25(32)9-7-21/h6-11,16,18,22,24,27,33H,4-5,12-15,17,19-20H2,1-3H3,(H2,35,36,39)/t22-,24-,27+/m0/s1. The molecule has 3 heterocycles. The zero-order valence-electron chi connectivity index (χ0n) is 24.2. The smallest absolute Gasteiger partial charge is 0.435 e. The van der Waals surface area contributed by atoms with Crippen molar-refractivity contribution in [3.05, 3.63) is 60.0 Å². The van der Waals surface area contributed by atoms with Gasteiger partial charge in [-0.15, -0.1) is 0 Å². The van der Waals surface area contributed by atoms with Crippen molar-refractivity contribution in [1.29, 1.82) is 0 Å². The molecule has 2 amide bonds. The summed E-state index contributed by atoms with van der Waals surface area (Å²) in [6.45, 7) is 10.2. The molecule has 1 aromatic heterocycles. The molecule has 0 aliphatic carbocycles. The molecule has 0 unspecified atom stereocenters. The lowest BCUT2D eigenvalue weighted by Crippen LogP contribution is -2.54. The SMILES string of the molecule is CC(C)(C)OC(=O)n1ncc2cc(NC(=O)N[C@@H]3CCNC[C@H]3CN3CCC[C@@H](Cc4ccc(F)cc4)C3)ccc21. The van der Waals surface area contributed by atoms with E-state index >= 15 is 0 Å². The van der Waals surface area contributed by atoms with Gasteiger partial charge in [-0.2, -0.15) is 9.78 Å². The van der Waals surface area contributed by atoms with Crippen LogP contribution in [0.5, 0.6) is 0 Å². The lowest BCUT2D eigenvalue weighted by atomic mass is 9.88. The molecule has 3 N–H and O–H groups in total. The van der Waals surface area contributed by atoms with Crippen molar-refractivity contribution < 1.29 is 18.7 Å². The van der Waals surface area contributed by atoms with E-state index in [4.69, 9.17) is 4.74 Å². The molecule has 2 aromatic carbocycles. The summed E-state index contributed by atoms with van der Waals surface area (Å²) in [7, 11) is 0. The van der Waals surface area contributed by atoms with Gasteiger partial charge in [-0.3, -0.25) is 0 Å². The average Bonchev–Trinajstić information content (AvgIpc) is 3.34. The van der Waals surface area contributed by atoms with E-state index in [-0.39, 0.29) is 17.9 Å². The van der Waals surface area contributed by atoms with Crippen molar-refractivity contribution in [2.24, 2.45) is 11.8 Å².